The number of amides is 2. The number of likely N-dealkylation sites (tertiary alicyclic amines) is 1. The second kappa shape index (κ2) is 6.96. The summed E-state index contributed by atoms with van der Waals surface area (Å²) < 4.78 is 5.35. The monoisotopic (exact) mass is 346 g/mol. The van der Waals surface area contributed by atoms with Gasteiger partial charge in [0.2, 0.25) is 0 Å². The van der Waals surface area contributed by atoms with Crippen LogP contribution in [-0.4, -0.2) is 46.0 Å². The number of carbonyl (C=O) groups excluding carboxylic acids is 2. The molecule has 0 unspecified atom stereocenters. The maximum absolute atomic E-state index is 12.5. The molecular weight excluding hydrogens is 328 g/mol. The van der Waals surface area contributed by atoms with Crippen molar-refractivity contribution in [1.82, 2.24) is 20.4 Å². The molecule has 0 atom stereocenters. The number of pyridine rings is 1. The predicted molar refractivity (Wildman–Crippen MR) is 89.3 cm³/mol. The van der Waals surface area contributed by atoms with E-state index in [2.05, 4.69) is 15.5 Å². The number of aromatic amines is 1. The fraction of sp³-hybridized carbons (Fsp3) is 0.375. The van der Waals surface area contributed by atoms with Gasteiger partial charge in [-0.2, -0.15) is 0 Å². The van der Waals surface area contributed by atoms with Crippen molar-refractivity contribution in [1.29, 1.82) is 0 Å². The number of hydrogen-bond acceptors (Lipinski definition) is 5. The van der Waals surface area contributed by atoms with Gasteiger partial charge < -0.3 is 19.7 Å². The highest BCUT2D eigenvalue weighted by atomic mass is 32.1. The Bertz CT molecular complexity index is 805. The molecule has 126 valence electrons. The van der Waals surface area contributed by atoms with Gasteiger partial charge in [-0.1, -0.05) is 17.4 Å². The summed E-state index contributed by atoms with van der Waals surface area (Å²) >= 11 is 5.16. The first kappa shape index (κ1) is 16.4. The second-order valence-electron chi connectivity index (χ2n) is 5.78. The minimum atomic E-state index is -0.248. The Kier molecular flexibility index (Phi) is 4.75. The number of hydrogen-bond donors (Lipinski definition) is 2. The molecule has 0 aliphatic carbocycles. The summed E-state index contributed by atoms with van der Waals surface area (Å²) in [6, 6.07) is 5.10. The minimum absolute atomic E-state index is 0.0175. The SMILES string of the molecule is Cc1cc(C(=O)NC2CCN(C(=O)c3ccc[nH]c3=S)CC2)no1. The van der Waals surface area contributed by atoms with Gasteiger partial charge in [-0.15, -0.1) is 0 Å². The lowest BCUT2D eigenvalue weighted by Gasteiger charge is -2.32. The van der Waals surface area contributed by atoms with Gasteiger partial charge in [0.25, 0.3) is 11.8 Å². The summed E-state index contributed by atoms with van der Waals surface area (Å²) in [5, 5.41) is 6.64. The zero-order chi connectivity index (χ0) is 17.1. The molecule has 2 aromatic rings. The fourth-order valence-electron chi connectivity index (χ4n) is 2.72. The maximum atomic E-state index is 12.5. The number of H-pyrrole nitrogens is 1. The predicted octanol–water partition coefficient (Wildman–Crippen LogP) is 2.08. The third kappa shape index (κ3) is 3.53. The van der Waals surface area contributed by atoms with E-state index in [1.54, 1.807) is 36.2 Å². The number of piperidine rings is 1. The van der Waals surface area contributed by atoms with Crippen LogP contribution >= 0.6 is 12.2 Å². The van der Waals surface area contributed by atoms with E-state index in [9.17, 15) is 9.59 Å². The Morgan fingerprint density at radius 1 is 1.42 bits per heavy atom. The molecule has 0 spiro atoms. The van der Waals surface area contributed by atoms with E-state index < -0.39 is 0 Å². The molecule has 0 bridgehead atoms. The third-order valence-corrected chi connectivity index (χ3v) is 4.36. The first-order valence-corrected chi connectivity index (χ1v) is 8.16. The average molecular weight is 346 g/mol. The summed E-state index contributed by atoms with van der Waals surface area (Å²) in [6.07, 6.45) is 3.09. The van der Waals surface area contributed by atoms with Crippen molar-refractivity contribution < 1.29 is 14.1 Å². The van der Waals surface area contributed by atoms with Crippen LogP contribution in [0.1, 0.15) is 39.4 Å². The first-order valence-electron chi connectivity index (χ1n) is 7.76. The molecule has 7 nitrogen and oxygen atoms in total. The van der Waals surface area contributed by atoms with Crippen LogP contribution < -0.4 is 5.32 Å². The largest absolute Gasteiger partial charge is 0.361 e. The lowest BCUT2D eigenvalue weighted by atomic mass is 10.0. The van der Waals surface area contributed by atoms with Crippen LogP contribution in [0.25, 0.3) is 0 Å². The first-order chi connectivity index (χ1) is 11.5. The van der Waals surface area contributed by atoms with E-state index in [0.29, 0.717) is 41.9 Å². The Morgan fingerprint density at radius 3 is 2.79 bits per heavy atom. The Labute approximate surface area is 144 Å². The van der Waals surface area contributed by atoms with Crippen molar-refractivity contribution in [3.05, 3.63) is 46.1 Å². The summed E-state index contributed by atoms with van der Waals surface area (Å²) in [5.74, 6) is 0.274. The van der Waals surface area contributed by atoms with Crippen molar-refractivity contribution in [2.24, 2.45) is 0 Å². The molecule has 0 radical (unpaired) electrons. The Balaban J connectivity index is 1.56. The van der Waals surface area contributed by atoms with Gasteiger partial charge in [-0.3, -0.25) is 9.59 Å². The zero-order valence-electron chi connectivity index (χ0n) is 13.2. The van der Waals surface area contributed by atoms with Crippen LogP contribution in [0.2, 0.25) is 0 Å². The van der Waals surface area contributed by atoms with E-state index in [1.165, 1.54) is 0 Å². The number of aryl methyl sites for hydroxylation is 1. The normalized spacial score (nSPS) is 15.3. The van der Waals surface area contributed by atoms with E-state index in [0.717, 1.165) is 0 Å². The highest BCUT2D eigenvalue weighted by Crippen LogP contribution is 2.15. The van der Waals surface area contributed by atoms with E-state index in [-0.39, 0.29) is 23.6 Å². The van der Waals surface area contributed by atoms with Gasteiger partial charge in [0, 0.05) is 31.4 Å². The molecule has 0 aromatic carbocycles. The zero-order valence-corrected chi connectivity index (χ0v) is 14.1. The van der Waals surface area contributed by atoms with Gasteiger partial charge in [0.05, 0.1) is 5.56 Å². The van der Waals surface area contributed by atoms with Gasteiger partial charge >= 0.3 is 0 Å². The Hall–Kier alpha value is -2.48. The number of nitrogens with one attached hydrogen (secondary N) is 2. The molecule has 1 saturated heterocycles. The highest BCUT2D eigenvalue weighted by molar-refractivity contribution is 7.71. The van der Waals surface area contributed by atoms with Gasteiger partial charge in [-0.25, -0.2) is 0 Å². The number of carbonyl (C=O) groups is 2. The van der Waals surface area contributed by atoms with E-state index >= 15 is 0 Å². The molecular formula is C16H18N4O3S. The minimum Gasteiger partial charge on any atom is -0.361 e. The van der Waals surface area contributed by atoms with Crippen LogP contribution in [0.15, 0.2) is 28.9 Å². The summed E-state index contributed by atoms with van der Waals surface area (Å²) in [5.41, 5.74) is 0.787. The molecule has 8 heteroatoms. The van der Waals surface area contributed by atoms with Crippen molar-refractivity contribution in [3.8, 4) is 0 Å². The molecule has 1 aliphatic rings. The van der Waals surface area contributed by atoms with Crippen molar-refractivity contribution >= 4 is 24.0 Å². The van der Waals surface area contributed by atoms with E-state index in [4.69, 9.17) is 16.7 Å². The number of rotatable bonds is 3. The van der Waals surface area contributed by atoms with Crippen molar-refractivity contribution in [3.63, 3.8) is 0 Å². The molecule has 2 N–H and O–H groups in total. The van der Waals surface area contributed by atoms with Gasteiger partial charge in [-0.05, 0) is 31.9 Å². The second-order valence-corrected chi connectivity index (χ2v) is 6.18. The average Bonchev–Trinajstić information content (AvgIpc) is 3.02. The van der Waals surface area contributed by atoms with Gasteiger partial charge in [0.1, 0.15) is 10.4 Å². The standard InChI is InChI=1S/C16H18N4O3S/c1-10-9-13(19-23-10)14(21)18-11-4-7-20(8-5-11)16(22)12-3-2-6-17-15(12)24/h2-3,6,9,11H,4-5,7-8H2,1H3,(H,17,24)(H,18,21). The fourth-order valence-corrected chi connectivity index (χ4v) is 2.94. The van der Waals surface area contributed by atoms with Crippen LogP contribution in [-0.2, 0) is 0 Å². The Morgan fingerprint density at radius 2 is 2.17 bits per heavy atom. The molecule has 2 amide bonds. The maximum Gasteiger partial charge on any atom is 0.273 e. The molecule has 24 heavy (non-hydrogen) atoms. The van der Waals surface area contributed by atoms with Crippen molar-refractivity contribution in [2.75, 3.05) is 13.1 Å². The lowest BCUT2D eigenvalue weighted by Crippen LogP contribution is -2.46. The molecule has 1 fully saturated rings. The van der Waals surface area contributed by atoms with Crippen LogP contribution in [0.3, 0.4) is 0 Å². The molecule has 3 heterocycles. The quantitative estimate of drug-likeness (QED) is 0.830. The summed E-state index contributed by atoms with van der Waals surface area (Å²) in [4.78, 5) is 29.2. The molecule has 2 aromatic heterocycles. The van der Waals surface area contributed by atoms with Crippen molar-refractivity contribution in [2.45, 2.75) is 25.8 Å². The molecule has 0 saturated carbocycles. The number of aromatic nitrogens is 2. The van der Waals surface area contributed by atoms with Crippen LogP contribution in [0.4, 0.5) is 0 Å². The summed E-state index contributed by atoms with van der Waals surface area (Å²) in [6.45, 7) is 2.89. The number of nitrogens with zero attached hydrogens (tertiary/aromatic N) is 2. The molecule has 1 aliphatic heterocycles. The van der Waals surface area contributed by atoms with Crippen LogP contribution in [0.5, 0.6) is 0 Å². The highest BCUT2D eigenvalue weighted by Gasteiger charge is 2.26. The lowest BCUT2D eigenvalue weighted by molar-refractivity contribution is 0.0696. The molecule has 3 rings (SSSR count). The summed E-state index contributed by atoms with van der Waals surface area (Å²) in [7, 11) is 0. The third-order valence-electron chi connectivity index (χ3n) is 4.03. The van der Waals surface area contributed by atoms with E-state index in [1.807, 2.05) is 0 Å². The van der Waals surface area contributed by atoms with Crippen LogP contribution in [0, 0.1) is 11.6 Å². The smallest absolute Gasteiger partial charge is 0.273 e. The van der Waals surface area contributed by atoms with Gasteiger partial charge in [0.15, 0.2) is 5.69 Å². The topological polar surface area (TPSA) is 91.2 Å².